The van der Waals surface area contributed by atoms with E-state index in [9.17, 15) is 14.3 Å². The van der Waals surface area contributed by atoms with Gasteiger partial charge in [-0.15, -0.1) is 5.10 Å². The van der Waals surface area contributed by atoms with Crippen molar-refractivity contribution in [3.8, 4) is 0 Å². The molecule has 0 bridgehead atoms. The summed E-state index contributed by atoms with van der Waals surface area (Å²) in [4.78, 5) is 17.7. The molecule has 1 fully saturated rings. The lowest BCUT2D eigenvalue weighted by Crippen LogP contribution is -2.49. The minimum atomic E-state index is -1.27. The Labute approximate surface area is 139 Å². The summed E-state index contributed by atoms with van der Waals surface area (Å²) in [7, 11) is 0. The lowest BCUT2D eigenvalue weighted by Gasteiger charge is -2.38. The number of hydrogen-bond donors (Lipinski definition) is 1. The summed E-state index contributed by atoms with van der Waals surface area (Å²) in [6.07, 6.45) is 5.17. The van der Waals surface area contributed by atoms with Crippen LogP contribution in [-0.2, 0) is 5.60 Å². The maximum absolute atomic E-state index is 13.8. The van der Waals surface area contributed by atoms with Crippen LogP contribution in [0.15, 0.2) is 24.7 Å². The third-order valence-electron chi connectivity index (χ3n) is 4.28. The quantitative estimate of drug-likeness (QED) is 0.920. The van der Waals surface area contributed by atoms with Gasteiger partial charge in [-0.3, -0.25) is 9.78 Å². The fourth-order valence-electron chi connectivity index (χ4n) is 2.88. The third-order valence-corrected chi connectivity index (χ3v) is 4.28. The minimum Gasteiger partial charge on any atom is -0.382 e. The molecule has 3 heterocycles. The van der Waals surface area contributed by atoms with Crippen LogP contribution in [0.25, 0.3) is 0 Å². The lowest BCUT2D eigenvalue weighted by molar-refractivity contribution is -0.0322. The van der Waals surface area contributed by atoms with Crippen LogP contribution in [0.4, 0.5) is 4.39 Å². The van der Waals surface area contributed by atoms with Gasteiger partial charge in [0.15, 0.2) is 5.82 Å². The number of rotatable bonds is 3. The fourth-order valence-corrected chi connectivity index (χ4v) is 2.88. The van der Waals surface area contributed by atoms with Gasteiger partial charge in [0.05, 0.1) is 24.5 Å². The molecule has 1 saturated heterocycles. The molecule has 1 N–H and O–H groups in total. The summed E-state index contributed by atoms with van der Waals surface area (Å²) in [6.45, 7) is 4.45. The van der Waals surface area contributed by atoms with Gasteiger partial charge in [-0.25, -0.2) is 9.07 Å². The molecule has 0 spiro atoms. The molecule has 1 aliphatic heterocycles. The highest BCUT2D eigenvalue weighted by Gasteiger charge is 2.39. The van der Waals surface area contributed by atoms with Gasteiger partial charge in [0, 0.05) is 18.8 Å². The van der Waals surface area contributed by atoms with Crippen molar-refractivity contribution < 1.29 is 14.3 Å². The fraction of sp³-hybridized carbons (Fsp3) is 0.500. The first-order chi connectivity index (χ1) is 11.4. The van der Waals surface area contributed by atoms with Crippen LogP contribution in [-0.4, -0.2) is 49.0 Å². The van der Waals surface area contributed by atoms with Crippen molar-refractivity contribution in [2.45, 2.75) is 38.3 Å². The molecule has 0 saturated carbocycles. The second kappa shape index (κ2) is 6.27. The van der Waals surface area contributed by atoms with Gasteiger partial charge < -0.3 is 10.0 Å². The zero-order valence-corrected chi connectivity index (χ0v) is 13.7. The number of β-amino-alcohol motifs (C(OH)–C–C–N with tert-alkyl or cyclic N) is 1. The summed E-state index contributed by atoms with van der Waals surface area (Å²) >= 11 is 0. The number of carbonyl (C=O) groups excluding carboxylic acids is 1. The number of halogens is 1. The Balaban J connectivity index is 1.83. The van der Waals surface area contributed by atoms with E-state index in [1.165, 1.54) is 17.2 Å². The largest absolute Gasteiger partial charge is 0.382 e. The maximum Gasteiger partial charge on any atom is 0.257 e. The monoisotopic (exact) mass is 333 g/mol. The molecule has 128 valence electrons. The smallest absolute Gasteiger partial charge is 0.257 e. The molecule has 0 unspecified atom stereocenters. The first kappa shape index (κ1) is 16.5. The molecule has 2 aromatic rings. The van der Waals surface area contributed by atoms with E-state index < -0.39 is 17.3 Å². The molecule has 1 aliphatic rings. The van der Waals surface area contributed by atoms with Crippen LogP contribution >= 0.6 is 0 Å². The van der Waals surface area contributed by atoms with Crippen molar-refractivity contribution in [3.05, 3.63) is 41.7 Å². The standard InChI is InChI=1S/C16H20FN5O2/c1-11(2)22-9-14(19-20-22)16(24)5-3-7-21(10-16)15(23)12-4-6-18-8-13(12)17/h4,6,8-9,11,24H,3,5,7,10H2,1-2H3/t16-/m0/s1. The molecular weight excluding hydrogens is 313 g/mol. The molecule has 0 radical (unpaired) electrons. The molecule has 2 aromatic heterocycles. The van der Waals surface area contributed by atoms with Crippen LogP contribution in [0, 0.1) is 5.82 Å². The Morgan fingerprint density at radius 3 is 2.92 bits per heavy atom. The van der Waals surface area contributed by atoms with Crippen LogP contribution in [0.5, 0.6) is 0 Å². The van der Waals surface area contributed by atoms with E-state index in [1.54, 1.807) is 10.9 Å². The van der Waals surface area contributed by atoms with Gasteiger partial charge in [0.2, 0.25) is 0 Å². The summed E-state index contributed by atoms with van der Waals surface area (Å²) in [6, 6.07) is 1.47. The molecule has 0 aliphatic carbocycles. The summed E-state index contributed by atoms with van der Waals surface area (Å²) in [5.41, 5.74) is -0.881. The molecule has 0 aromatic carbocycles. The second-order valence-corrected chi connectivity index (χ2v) is 6.39. The van der Waals surface area contributed by atoms with Crippen molar-refractivity contribution >= 4 is 5.91 Å². The van der Waals surface area contributed by atoms with Crippen LogP contribution in [0.1, 0.15) is 48.8 Å². The zero-order valence-electron chi connectivity index (χ0n) is 13.7. The number of aromatic nitrogens is 4. The van der Waals surface area contributed by atoms with E-state index in [-0.39, 0.29) is 18.2 Å². The number of nitrogens with zero attached hydrogens (tertiary/aromatic N) is 5. The van der Waals surface area contributed by atoms with E-state index in [0.717, 1.165) is 6.20 Å². The third kappa shape index (κ3) is 3.01. The van der Waals surface area contributed by atoms with Crippen LogP contribution in [0.2, 0.25) is 0 Å². The van der Waals surface area contributed by atoms with Gasteiger partial charge in [-0.05, 0) is 32.8 Å². The van der Waals surface area contributed by atoms with Crippen molar-refractivity contribution in [1.82, 2.24) is 24.9 Å². The van der Waals surface area contributed by atoms with Crippen molar-refractivity contribution in [2.24, 2.45) is 0 Å². The molecule has 3 rings (SSSR count). The first-order valence-electron chi connectivity index (χ1n) is 7.94. The molecule has 8 heteroatoms. The van der Waals surface area contributed by atoms with E-state index in [1.807, 2.05) is 13.8 Å². The predicted molar refractivity (Wildman–Crippen MR) is 83.6 cm³/mol. The predicted octanol–water partition coefficient (Wildman–Crippen LogP) is 1.52. The number of amides is 1. The van der Waals surface area contributed by atoms with Gasteiger partial charge in [-0.1, -0.05) is 5.21 Å². The number of likely N-dealkylation sites (tertiary alicyclic amines) is 1. The molecule has 1 amide bonds. The van der Waals surface area contributed by atoms with Crippen LogP contribution in [0.3, 0.4) is 0 Å². The highest BCUT2D eigenvalue weighted by atomic mass is 19.1. The lowest BCUT2D eigenvalue weighted by atomic mass is 9.89. The number of piperidine rings is 1. The number of aliphatic hydroxyl groups is 1. The summed E-state index contributed by atoms with van der Waals surface area (Å²) in [5, 5.41) is 19.0. The van der Waals surface area contributed by atoms with Crippen molar-refractivity contribution in [3.63, 3.8) is 0 Å². The topological polar surface area (TPSA) is 84.1 Å². The normalized spacial score (nSPS) is 21.3. The molecule has 24 heavy (non-hydrogen) atoms. The number of carbonyl (C=O) groups is 1. The Morgan fingerprint density at radius 1 is 1.46 bits per heavy atom. The van der Waals surface area contributed by atoms with Gasteiger partial charge in [0.25, 0.3) is 5.91 Å². The second-order valence-electron chi connectivity index (χ2n) is 6.39. The van der Waals surface area contributed by atoms with Gasteiger partial charge in [-0.2, -0.15) is 0 Å². The van der Waals surface area contributed by atoms with E-state index in [4.69, 9.17) is 0 Å². The average Bonchev–Trinajstić information content (AvgIpc) is 3.06. The highest BCUT2D eigenvalue weighted by Crippen LogP contribution is 2.31. The molecular formula is C16H20FN5O2. The number of pyridine rings is 1. The van der Waals surface area contributed by atoms with E-state index in [2.05, 4.69) is 15.3 Å². The van der Waals surface area contributed by atoms with Gasteiger partial charge >= 0.3 is 0 Å². The minimum absolute atomic E-state index is 0.0416. The van der Waals surface area contributed by atoms with Crippen LogP contribution < -0.4 is 0 Å². The SMILES string of the molecule is CC(C)n1cc([C@]2(O)CCCN(C(=O)c3ccncc3F)C2)nn1. The molecule has 1 atom stereocenters. The van der Waals surface area contributed by atoms with Gasteiger partial charge in [0.1, 0.15) is 11.3 Å². The Morgan fingerprint density at radius 2 is 2.25 bits per heavy atom. The van der Waals surface area contributed by atoms with Crippen molar-refractivity contribution in [2.75, 3.05) is 13.1 Å². The Kier molecular flexibility index (Phi) is 4.31. The van der Waals surface area contributed by atoms with E-state index >= 15 is 0 Å². The Hall–Kier alpha value is -2.35. The average molecular weight is 333 g/mol. The molecule has 7 nitrogen and oxygen atoms in total. The maximum atomic E-state index is 13.8. The zero-order chi connectivity index (χ0) is 17.3. The van der Waals surface area contributed by atoms with Crippen molar-refractivity contribution in [1.29, 1.82) is 0 Å². The highest BCUT2D eigenvalue weighted by molar-refractivity contribution is 5.94. The summed E-state index contributed by atoms with van der Waals surface area (Å²) < 4.78 is 15.5. The number of hydrogen-bond acceptors (Lipinski definition) is 5. The summed E-state index contributed by atoms with van der Waals surface area (Å²) in [5.74, 6) is -1.12. The Bertz CT molecular complexity index is 748. The first-order valence-corrected chi connectivity index (χ1v) is 7.94. The van der Waals surface area contributed by atoms with E-state index in [0.29, 0.717) is 25.1 Å².